The van der Waals surface area contributed by atoms with E-state index in [9.17, 15) is 0 Å². The Morgan fingerprint density at radius 3 is 2.31 bits per heavy atom. The number of ether oxygens (including phenoxy) is 1. The summed E-state index contributed by atoms with van der Waals surface area (Å²) in [5, 5.41) is 0. The first kappa shape index (κ1) is 11.4. The van der Waals surface area contributed by atoms with Gasteiger partial charge in [-0.1, -0.05) is 33.8 Å². The zero-order chi connectivity index (χ0) is 11.7. The van der Waals surface area contributed by atoms with Crippen molar-refractivity contribution >= 4 is 0 Å². The van der Waals surface area contributed by atoms with Crippen molar-refractivity contribution in [1.82, 2.24) is 4.98 Å². The molecule has 0 radical (unpaired) electrons. The summed E-state index contributed by atoms with van der Waals surface area (Å²) in [7, 11) is 0. The van der Waals surface area contributed by atoms with Gasteiger partial charge in [-0.3, -0.25) is 0 Å². The van der Waals surface area contributed by atoms with Gasteiger partial charge in [0, 0.05) is 6.07 Å². The van der Waals surface area contributed by atoms with Crippen LogP contribution in [0.5, 0.6) is 5.88 Å². The zero-order valence-corrected chi connectivity index (χ0v) is 10.7. The molecule has 0 atom stereocenters. The standard InChI is InChI=1S/C14H21NO/c1-9(2)12-7-8-13(16-11-5-6-11)15-14(12)10(3)4/h7-11H,5-6H2,1-4H3. The summed E-state index contributed by atoms with van der Waals surface area (Å²) in [4.78, 5) is 4.65. The van der Waals surface area contributed by atoms with Crippen LogP contribution < -0.4 is 4.74 Å². The molecular formula is C14H21NO. The first-order valence-electron chi connectivity index (χ1n) is 6.25. The van der Waals surface area contributed by atoms with E-state index >= 15 is 0 Å². The van der Waals surface area contributed by atoms with E-state index in [1.165, 1.54) is 24.1 Å². The minimum Gasteiger partial charge on any atom is -0.474 e. The molecule has 1 fully saturated rings. The first-order chi connectivity index (χ1) is 7.58. The monoisotopic (exact) mass is 219 g/mol. The van der Waals surface area contributed by atoms with Crippen molar-refractivity contribution in [3.8, 4) is 5.88 Å². The molecule has 1 aromatic heterocycles. The summed E-state index contributed by atoms with van der Waals surface area (Å²) in [5.74, 6) is 1.79. The third-order valence-corrected chi connectivity index (χ3v) is 2.91. The number of pyridine rings is 1. The van der Waals surface area contributed by atoms with Crippen LogP contribution >= 0.6 is 0 Å². The van der Waals surface area contributed by atoms with Crippen LogP contribution in [0.25, 0.3) is 0 Å². The predicted molar refractivity (Wildman–Crippen MR) is 66.1 cm³/mol. The van der Waals surface area contributed by atoms with Gasteiger partial charge in [-0.2, -0.15) is 0 Å². The van der Waals surface area contributed by atoms with Gasteiger partial charge in [-0.25, -0.2) is 4.98 Å². The number of aromatic nitrogens is 1. The molecule has 0 bridgehead atoms. The smallest absolute Gasteiger partial charge is 0.213 e. The quantitative estimate of drug-likeness (QED) is 0.767. The molecule has 0 spiro atoms. The van der Waals surface area contributed by atoms with Gasteiger partial charge in [0.2, 0.25) is 5.88 Å². The van der Waals surface area contributed by atoms with Gasteiger partial charge in [0.05, 0.1) is 5.69 Å². The number of hydrogen-bond donors (Lipinski definition) is 0. The van der Waals surface area contributed by atoms with E-state index in [4.69, 9.17) is 4.74 Å². The maximum Gasteiger partial charge on any atom is 0.213 e. The van der Waals surface area contributed by atoms with Crippen molar-refractivity contribution in [3.63, 3.8) is 0 Å². The number of nitrogens with zero attached hydrogens (tertiary/aromatic N) is 1. The topological polar surface area (TPSA) is 22.1 Å². The van der Waals surface area contributed by atoms with E-state index in [0.29, 0.717) is 17.9 Å². The maximum atomic E-state index is 5.74. The van der Waals surface area contributed by atoms with Crippen molar-refractivity contribution in [1.29, 1.82) is 0 Å². The van der Waals surface area contributed by atoms with Crippen LogP contribution in [0.1, 0.15) is 63.6 Å². The molecule has 0 aromatic carbocycles. The summed E-state index contributed by atoms with van der Waals surface area (Å²) < 4.78 is 5.74. The highest BCUT2D eigenvalue weighted by molar-refractivity contribution is 5.30. The maximum absolute atomic E-state index is 5.74. The molecule has 0 saturated heterocycles. The van der Waals surface area contributed by atoms with E-state index < -0.39 is 0 Å². The molecule has 16 heavy (non-hydrogen) atoms. The lowest BCUT2D eigenvalue weighted by Crippen LogP contribution is -2.05. The fourth-order valence-corrected chi connectivity index (χ4v) is 1.84. The third kappa shape index (κ3) is 2.55. The summed E-state index contributed by atoms with van der Waals surface area (Å²) in [6.45, 7) is 8.80. The van der Waals surface area contributed by atoms with Crippen LogP contribution in [-0.4, -0.2) is 11.1 Å². The molecule has 0 unspecified atom stereocenters. The minimum absolute atomic E-state index is 0.428. The molecule has 0 amide bonds. The van der Waals surface area contributed by atoms with Gasteiger partial charge < -0.3 is 4.74 Å². The van der Waals surface area contributed by atoms with Crippen molar-refractivity contribution < 1.29 is 4.74 Å². The summed E-state index contributed by atoms with van der Waals surface area (Å²) in [6, 6.07) is 4.18. The predicted octanol–water partition coefficient (Wildman–Crippen LogP) is 3.87. The fraction of sp³-hybridized carbons (Fsp3) is 0.643. The van der Waals surface area contributed by atoms with Crippen molar-refractivity contribution in [2.45, 2.75) is 58.5 Å². The van der Waals surface area contributed by atoms with E-state index in [1.807, 2.05) is 6.07 Å². The van der Waals surface area contributed by atoms with Crippen LogP contribution in [0.4, 0.5) is 0 Å². The second-order valence-electron chi connectivity index (χ2n) is 5.25. The Morgan fingerprint density at radius 2 is 1.81 bits per heavy atom. The summed E-state index contributed by atoms with van der Waals surface area (Å²) >= 11 is 0. The highest BCUT2D eigenvalue weighted by Crippen LogP contribution is 2.30. The van der Waals surface area contributed by atoms with Gasteiger partial charge >= 0.3 is 0 Å². The molecule has 2 nitrogen and oxygen atoms in total. The molecule has 88 valence electrons. The second-order valence-corrected chi connectivity index (χ2v) is 5.25. The van der Waals surface area contributed by atoms with Crippen LogP contribution in [0.2, 0.25) is 0 Å². The summed E-state index contributed by atoms with van der Waals surface area (Å²) in [5.41, 5.74) is 2.53. The minimum atomic E-state index is 0.428. The molecule has 0 N–H and O–H groups in total. The van der Waals surface area contributed by atoms with E-state index in [1.54, 1.807) is 0 Å². The van der Waals surface area contributed by atoms with Crippen molar-refractivity contribution in [2.24, 2.45) is 0 Å². The molecule has 1 aliphatic carbocycles. The highest BCUT2D eigenvalue weighted by atomic mass is 16.5. The van der Waals surface area contributed by atoms with Gasteiger partial charge in [-0.15, -0.1) is 0 Å². The fourth-order valence-electron chi connectivity index (χ4n) is 1.84. The Bertz CT molecular complexity index is 367. The third-order valence-electron chi connectivity index (χ3n) is 2.91. The van der Waals surface area contributed by atoms with E-state index in [-0.39, 0.29) is 0 Å². The SMILES string of the molecule is CC(C)c1ccc(OC2CC2)nc1C(C)C. The lowest BCUT2D eigenvalue weighted by Gasteiger charge is -2.16. The number of rotatable bonds is 4. The highest BCUT2D eigenvalue weighted by Gasteiger charge is 2.24. The van der Waals surface area contributed by atoms with Crippen molar-refractivity contribution in [3.05, 3.63) is 23.4 Å². The molecule has 1 aliphatic rings. The number of hydrogen-bond acceptors (Lipinski definition) is 2. The molecule has 2 heteroatoms. The average molecular weight is 219 g/mol. The van der Waals surface area contributed by atoms with Gasteiger partial charge in [0.15, 0.2) is 0 Å². The van der Waals surface area contributed by atoms with Crippen LogP contribution in [0.3, 0.4) is 0 Å². The lowest BCUT2D eigenvalue weighted by atomic mass is 9.95. The zero-order valence-electron chi connectivity index (χ0n) is 10.7. The van der Waals surface area contributed by atoms with Gasteiger partial charge in [0.25, 0.3) is 0 Å². The van der Waals surface area contributed by atoms with Crippen molar-refractivity contribution in [2.75, 3.05) is 0 Å². The molecule has 1 aromatic rings. The second kappa shape index (κ2) is 4.44. The average Bonchev–Trinajstić information content (AvgIpc) is 3.01. The first-order valence-corrected chi connectivity index (χ1v) is 6.25. The largest absolute Gasteiger partial charge is 0.474 e. The molecule has 0 aliphatic heterocycles. The molecule has 1 heterocycles. The van der Waals surface area contributed by atoms with E-state index in [0.717, 1.165) is 5.88 Å². The normalized spacial score (nSPS) is 15.9. The van der Waals surface area contributed by atoms with Crippen LogP contribution in [0.15, 0.2) is 12.1 Å². The molecule has 1 saturated carbocycles. The van der Waals surface area contributed by atoms with E-state index in [2.05, 4.69) is 38.7 Å². The van der Waals surface area contributed by atoms with Crippen LogP contribution in [-0.2, 0) is 0 Å². The Hall–Kier alpha value is -1.05. The Kier molecular flexibility index (Phi) is 3.17. The van der Waals surface area contributed by atoms with Crippen LogP contribution in [0, 0.1) is 0 Å². The Balaban J connectivity index is 2.26. The summed E-state index contributed by atoms with van der Waals surface area (Å²) in [6.07, 6.45) is 2.80. The lowest BCUT2D eigenvalue weighted by molar-refractivity contribution is 0.289. The van der Waals surface area contributed by atoms with Gasteiger partial charge in [0.1, 0.15) is 6.10 Å². The molecule has 2 rings (SSSR count). The van der Waals surface area contributed by atoms with Gasteiger partial charge in [-0.05, 0) is 30.2 Å². The Labute approximate surface area is 98.0 Å². The molecular weight excluding hydrogens is 198 g/mol. The Morgan fingerprint density at radius 1 is 1.12 bits per heavy atom.